The van der Waals surface area contributed by atoms with Crippen LogP contribution in [-0.2, 0) is 6.61 Å². The molecule has 0 fully saturated rings. The first kappa shape index (κ1) is 14.6. The van der Waals surface area contributed by atoms with E-state index in [1.807, 2.05) is 0 Å². The average Bonchev–Trinajstić information content (AvgIpc) is 2.47. The zero-order valence-electron chi connectivity index (χ0n) is 10.6. The summed E-state index contributed by atoms with van der Waals surface area (Å²) < 4.78 is 45.3. The molecule has 0 radical (unpaired) electrons. The van der Waals surface area contributed by atoms with Gasteiger partial charge in [-0.1, -0.05) is 6.07 Å². The molecule has 0 aromatic heterocycles. The molecule has 0 aliphatic rings. The highest BCUT2D eigenvalue weighted by molar-refractivity contribution is 5.75. The Balaban J connectivity index is 2.21. The maximum atomic E-state index is 13.6. The van der Waals surface area contributed by atoms with Gasteiger partial charge in [-0.3, -0.25) is 4.79 Å². The van der Waals surface area contributed by atoms with E-state index in [2.05, 4.69) is 0 Å². The van der Waals surface area contributed by atoms with Gasteiger partial charge in [-0.25, -0.2) is 13.2 Å². The second-order valence-corrected chi connectivity index (χ2v) is 4.15. The molecule has 0 spiro atoms. The first-order valence-electron chi connectivity index (χ1n) is 5.80. The molecule has 2 rings (SSSR count). The van der Waals surface area contributed by atoms with E-state index in [4.69, 9.17) is 10.00 Å². The number of carbonyl (C=O) groups excluding carboxylic acids is 1. The summed E-state index contributed by atoms with van der Waals surface area (Å²) in [5.74, 6) is -3.35. The molecular weight excluding hydrogens is 283 g/mol. The van der Waals surface area contributed by atoms with Crippen LogP contribution < -0.4 is 4.74 Å². The number of benzene rings is 2. The molecule has 21 heavy (non-hydrogen) atoms. The van der Waals surface area contributed by atoms with Gasteiger partial charge in [0.2, 0.25) is 0 Å². The number of ether oxygens (including phenoxy) is 1. The van der Waals surface area contributed by atoms with Crippen LogP contribution in [0.5, 0.6) is 5.75 Å². The monoisotopic (exact) mass is 291 g/mol. The third kappa shape index (κ3) is 3.20. The largest absolute Gasteiger partial charge is 0.483 e. The van der Waals surface area contributed by atoms with Crippen molar-refractivity contribution in [2.24, 2.45) is 0 Å². The van der Waals surface area contributed by atoms with E-state index < -0.39 is 23.2 Å². The lowest BCUT2D eigenvalue weighted by molar-refractivity contribution is 0.112. The van der Waals surface area contributed by atoms with Gasteiger partial charge in [0.1, 0.15) is 24.8 Å². The van der Waals surface area contributed by atoms with Crippen LogP contribution in [0.4, 0.5) is 13.2 Å². The van der Waals surface area contributed by atoms with Gasteiger partial charge in [-0.05, 0) is 29.8 Å². The predicted octanol–water partition coefficient (Wildman–Crippen LogP) is 3.37. The quantitative estimate of drug-likeness (QED) is 0.811. The van der Waals surface area contributed by atoms with Gasteiger partial charge in [0.15, 0.2) is 17.4 Å². The Kier molecular flexibility index (Phi) is 4.24. The summed E-state index contributed by atoms with van der Waals surface area (Å²) >= 11 is 0. The molecule has 0 aliphatic carbocycles. The Hall–Kier alpha value is -2.81. The van der Waals surface area contributed by atoms with Crippen LogP contribution in [0.15, 0.2) is 30.3 Å². The number of aldehydes is 1. The molecule has 0 saturated heterocycles. The molecule has 2 aromatic rings. The van der Waals surface area contributed by atoms with Crippen LogP contribution in [0, 0.1) is 28.8 Å². The van der Waals surface area contributed by atoms with Crippen LogP contribution in [0.3, 0.4) is 0 Å². The van der Waals surface area contributed by atoms with Crippen molar-refractivity contribution in [3.05, 3.63) is 64.5 Å². The third-order valence-corrected chi connectivity index (χ3v) is 2.69. The lowest BCUT2D eigenvalue weighted by Gasteiger charge is -2.09. The molecule has 0 unspecified atom stereocenters. The Bertz CT molecular complexity index is 715. The van der Waals surface area contributed by atoms with Crippen molar-refractivity contribution in [2.45, 2.75) is 6.61 Å². The Labute approximate surface area is 118 Å². The highest BCUT2D eigenvalue weighted by Gasteiger charge is 2.13. The van der Waals surface area contributed by atoms with Crippen LogP contribution in [0.2, 0.25) is 0 Å². The number of hydrogen-bond donors (Lipinski definition) is 0. The van der Waals surface area contributed by atoms with E-state index in [1.165, 1.54) is 12.1 Å². The minimum absolute atomic E-state index is 0.147. The first-order chi connectivity index (χ1) is 10.0. The summed E-state index contributed by atoms with van der Waals surface area (Å²) in [6, 6.07) is 6.98. The van der Waals surface area contributed by atoms with Crippen LogP contribution >= 0.6 is 0 Å². The van der Waals surface area contributed by atoms with Crippen molar-refractivity contribution >= 4 is 6.29 Å². The molecule has 3 nitrogen and oxygen atoms in total. The highest BCUT2D eigenvalue weighted by Crippen LogP contribution is 2.24. The van der Waals surface area contributed by atoms with Gasteiger partial charge < -0.3 is 4.74 Å². The highest BCUT2D eigenvalue weighted by atomic mass is 19.1. The summed E-state index contributed by atoms with van der Waals surface area (Å²) in [6.45, 7) is -0.247. The zero-order chi connectivity index (χ0) is 15.4. The third-order valence-electron chi connectivity index (χ3n) is 2.69. The molecule has 0 aliphatic heterocycles. The normalized spacial score (nSPS) is 10.0. The van der Waals surface area contributed by atoms with Crippen molar-refractivity contribution in [3.8, 4) is 11.8 Å². The molecular formula is C15H8F3NO2. The van der Waals surface area contributed by atoms with Crippen molar-refractivity contribution in [3.63, 3.8) is 0 Å². The van der Waals surface area contributed by atoms with Crippen molar-refractivity contribution in [2.75, 3.05) is 0 Å². The fourth-order valence-electron chi connectivity index (χ4n) is 1.69. The lowest BCUT2D eigenvalue weighted by atomic mass is 10.1. The van der Waals surface area contributed by atoms with E-state index in [0.29, 0.717) is 11.8 Å². The standard InChI is InChI=1S/C15H8F3NO2/c16-12-2-1-9(3-11(12)6-19)8-21-15-13(17)4-10(7-20)5-14(15)18/h1-5,7H,8H2. The second-order valence-electron chi connectivity index (χ2n) is 4.15. The fourth-order valence-corrected chi connectivity index (χ4v) is 1.69. The van der Waals surface area contributed by atoms with E-state index in [9.17, 15) is 18.0 Å². The Morgan fingerprint density at radius 3 is 2.33 bits per heavy atom. The van der Waals surface area contributed by atoms with E-state index in [1.54, 1.807) is 6.07 Å². The first-order valence-corrected chi connectivity index (χ1v) is 5.80. The maximum Gasteiger partial charge on any atom is 0.191 e. The number of rotatable bonds is 4. The number of hydrogen-bond acceptors (Lipinski definition) is 3. The Morgan fingerprint density at radius 1 is 1.10 bits per heavy atom. The van der Waals surface area contributed by atoms with E-state index in [0.717, 1.165) is 18.2 Å². The minimum atomic E-state index is -1.01. The van der Waals surface area contributed by atoms with Crippen molar-refractivity contribution in [1.82, 2.24) is 0 Å². The van der Waals surface area contributed by atoms with Crippen molar-refractivity contribution < 1.29 is 22.7 Å². The molecule has 0 atom stereocenters. The average molecular weight is 291 g/mol. The second kappa shape index (κ2) is 6.09. The van der Waals surface area contributed by atoms with Crippen LogP contribution in [0.25, 0.3) is 0 Å². The van der Waals surface area contributed by atoms with E-state index in [-0.39, 0.29) is 17.7 Å². The molecule has 6 heteroatoms. The summed E-state index contributed by atoms with van der Waals surface area (Å²) in [5, 5.41) is 8.69. The van der Waals surface area contributed by atoms with Gasteiger partial charge in [-0.15, -0.1) is 0 Å². The molecule has 0 heterocycles. The minimum Gasteiger partial charge on any atom is -0.483 e. The Morgan fingerprint density at radius 2 is 1.76 bits per heavy atom. The summed E-state index contributed by atoms with van der Waals surface area (Å²) in [7, 11) is 0. The number of nitriles is 1. The van der Waals surface area contributed by atoms with Gasteiger partial charge in [0.05, 0.1) is 5.56 Å². The smallest absolute Gasteiger partial charge is 0.191 e. The van der Waals surface area contributed by atoms with E-state index >= 15 is 0 Å². The van der Waals surface area contributed by atoms with Crippen molar-refractivity contribution in [1.29, 1.82) is 5.26 Å². The fraction of sp³-hybridized carbons (Fsp3) is 0.0667. The molecule has 2 aromatic carbocycles. The van der Waals surface area contributed by atoms with Crippen LogP contribution in [-0.4, -0.2) is 6.29 Å². The van der Waals surface area contributed by atoms with Gasteiger partial charge >= 0.3 is 0 Å². The molecule has 0 bridgehead atoms. The predicted molar refractivity (Wildman–Crippen MR) is 67.2 cm³/mol. The summed E-state index contributed by atoms with van der Waals surface area (Å²) in [5.41, 5.74) is 0.0467. The van der Waals surface area contributed by atoms with Gasteiger partial charge in [0, 0.05) is 5.56 Å². The number of nitrogens with zero attached hydrogens (tertiary/aromatic N) is 1. The van der Waals surface area contributed by atoms with Gasteiger partial charge in [-0.2, -0.15) is 5.26 Å². The molecule has 106 valence electrons. The number of carbonyl (C=O) groups is 1. The number of halogens is 3. The molecule has 0 saturated carbocycles. The summed E-state index contributed by atoms with van der Waals surface area (Å²) in [6.07, 6.45) is 0.315. The molecule has 0 amide bonds. The maximum absolute atomic E-state index is 13.6. The zero-order valence-corrected chi connectivity index (χ0v) is 10.6. The SMILES string of the molecule is N#Cc1cc(COc2c(F)cc(C=O)cc2F)ccc1F. The van der Waals surface area contributed by atoms with Crippen LogP contribution in [0.1, 0.15) is 21.5 Å². The molecule has 0 N–H and O–H groups in total. The topological polar surface area (TPSA) is 50.1 Å². The van der Waals surface area contributed by atoms with Gasteiger partial charge in [0.25, 0.3) is 0 Å². The summed E-state index contributed by atoms with van der Waals surface area (Å²) in [4.78, 5) is 10.5. The lowest BCUT2D eigenvalue weighted by Crippen LogP contribution is -2.02.